The van der Waals surface area contributed by atoms with E-state index >= 15 is 0 Å². The molecule has 2 aromatic rings. The van der Waals surface area contributed by atoms with Crippen molar-refractivity contribution in [2.45, 2.75) is 45.2 Å². The van der Waals surface area contributed by atoms with Gasteiger partial charge in [0.25, 0.3) is 5.91 Å². The topological polar surface area (TPSA) is 58.2 Å². The van der Waals surface area contributed by atoms with Crippen molar-refractivity contribution in [2.75, 3.05) is 0 Å². The molecule has 124 valence electrons. The Labute approximate surface area is 144 Å². The van der Waals surface area contributed by atoms with Crippen LogP contribution in [0.15, 0.2) is 35.0 Å². The van der Waals surface area contributed by atoms with Crippen molar-refractivity contribution in [3.8, 4) is 0 Å². The van der Waals surface area contributed by atoms with Gasteiger partial charge >= 0.3 is 0 Å². The summed E-state index contributed by atoms with van der Waals surface area (Å²) in [6, 6.07) is 7.58. The largest absolute Gasteiger partial charge is 0.346 e. The molecule has 0 bridgehead atoms. The number of hydrogen-bond acceptors (Lipinski definition) is 4. The number of hydrogen-bond donors (Lipinski definition) is 2. The summed E-state index contributed by atoms with van der Waals surface area (Å²) in [6.45, 7) is 5.55. The van der Waals surface area contributed by atoms with Crippen molar-refractivity contribution in [1.29, 1.82) is 0 Å². The molecule has 6 heteroatoms. The lowest BCUT2D eigenvalue weighted by Gasteiger charge is -2.28. The van der Waals surface area contributed by atoms with Crippen molar-refractivity contribution in [2.24, 2.45) is 0 Å². The molecule has 0 spiro atoms. The van der Waals surface area contributed by atoms with Crippen molar-refractivity contribution < 1.29 is 9.59 Å². The summed E-state index contributed by atoms with van der Waals surface area (Å²) in [6.07, 6.45) is 1.85. The predicted molar refractivity (Wildman–Crippen MR) is 96.0 cm³/mol. The lowest BCUT2D eigenvalue weighted by atomic mass is 10.0. The van der Waals surface area contributed by atoms with E-state index in [1.54, 1.807) is 31.3 Å². The van der Waals surface area contributed by atoms with E-state index in [1.807, 2.05) is 29.0 Å². The molecule has 0 saturated carbocycles. The second kappa shape index (κ2) is 7.75. The minimum atomic E-state index is -0.968. The van der Waals surface area contributed by atoms with Gasteiger partial charge in [0.1, 0.15) is 5.54 Å². The van der Waals surface area contributed by atoms with Gasteiger partial charge in [0.15, 0.2) is 0 Å². The first kappa shape index (κ1) is 17.7. The van der Waals surface area contributed by atoms with Gasteiger partial charge in [0.05, 0.1) is 10.9 Å². The van der Waals surface area contributed by atoms with E-state index < -0.39 is 5.54 Å². The van der Waals surface area contributed by atoms with Gasteiger partial charge in [0.2, 0.25) is 5.91 Å². The van der Waals surface area contributed by atoms with E-state index in [4.69, 9.17) is 0 Å². The van der Waals surface area contributed by atoms with Crippen LogP contribution in [0.5, 0.6) is 0 Å². The molecule has 0 radical (unpaired) electrons. The highest BCUT2D eigenvalue weighted by molar-refractivity contribution is 7.12. The third-order valence-corrected chi connectivity index (χ3v) is 5.36. The van der Waals surface area contributed by atoms with E-state index in [-0.39, 0.29) is 17.9 Å². The average Bonchev–Trinajstić information content (AvgIpc) is 3.19. The molecule has 23 heavy (non-hydrogen) atoms. The number of nitrogens with one attached hydrogen (secondary N) is 2. The lowest BCUT2D eigenvalue weighted by molar-refractivity contribution is -0.127. The third kappa shape index (κ3) is 4.65. The number of amides is 2. The van der Waals surface area contributed by atoms with Crippen LogP contribution in [-0.2, 0) is 4.79 Å². The summed E-state index contributed by atoms with van der Waals surface area (Å²) in [5.74, 6) is -0.391. The fourth-order valence-corrected chi connectivity index (χ4v) is 3.64. The summed E-state index contributed by atoms with van der Waals surface area (Å²) in [7, 11) is 0. The van der Waals surface area contributed by atoms with Crippen LogP contribution in [0, 0.1) is 0 Å². The molecule has 0 unspecified atom stereocenters. The van der Waals surface area contributed by atoms with E-state index in [9.17, 15) is 9.59 Å². The maximum atomic E-state index is 12.6. The van der Waals surface area contributed by atoms with Crippen LogP contribution in [0.3, 0.4) is 0 Å². The SMILES string of the molecule is CCC[C@@H](NC(=O)C(C)(C)NC(=O)c1cccs1)c1cccs1. The zero-order valence-electron chi connectivity index (χ0n) is 13.6. The maximum Gasteiger partial charge on any atom is 0.262 e. The van der Waals surface area contributed by atoms with Crippen LogP contribution in [0.4, 0.5) is 0 Å². The molecule has 0 aromatic carbocycles. The van der Waals surface area contributed by atoms with Crippen molar-refractivity contribution >= 4 is 34.5 Å². The minimum absolute atomic E-state index is 0.00888. The number of carbonyl (C=O) groups is 2. The summed E-state index contributed by atoms with van der Waals surface area (Å²) in [5, 5.41) is 9.74. The molecule has 0 aliphatic carbocycles. The minimum Gasteiger partial charge on any atom is -0.346 e. The van der Waals surface area contributed by atoms with Crippen LogP contribution in [0.25, 0.3) is 0 Å². The lowest BCUT2D eigenvalue weighted by Crippen LogP contribution is -2.55. The Morgan fingerprint density at radius 2 is 1.87 bits per heavy atom. The number of carbonyl (C=O) groups excluding carboxylic acids is 2. The molecule has 4 nitrogen and oxygen atoms in total. The van der Waals surface area contributed by atoms with Gasteiger partial charge in [-0.25, -0.2) is 0 Å². The van der Waals surface area contributed by atoms with E-state index in [0.717, 1.165) is 17.7 Å². The normalized spacial score (nSPS) is 12.7. The van der Waals surface area contributed by atoms with Crippen LogP contribution >= 0.6 is 22.7 Å². The van der Waals surface area contributed by atoms with Gasteiger partial charge in [-0.2, -0.15) is 0 Å². The zero-order valence-corrected chi connectivity index (χ0v) is 15.2. The summed E-state index contributed by atoms with van der Waals surface area (Å²) in [5.41, 5.74) is -0.968. The average molecular weight is 351 g/mol. The van der Waals surface area contributed by atoms with Gasteiger partial charge in [-0.1, -0.05) is 25.5 Å². The van der Waals surface area contributed by atoms with Crippen molar-refractivity contribution in [3.05, 3.63) is 44.8 Å². The van der Waals surface area contributed by atoms with Gasteiger partial charge in [-0.15, -0.1) is 22.7 Å². The summed E-state index contributed by atoms with van der Waals surface area (Å²) in [4.78, 5) is 26.6. The van der Waals surface area contributed by atoms with E-state index in [1.165, 1.54) is 11.3 Å². The Hall–Kier alpha value is -1.66. The highest BCUT2D eigenvalue weighted by atomic mass is 32.1. The highest BCUT2D eigenvalue weighted by Gasteiger charge is 2.31. The first-order chi connectivity index (χ1) is 10.9. The van der Waals surface area contributed by atoms with Crippen LogP contribution < -0.4 is 10.6 Å². The standard InChI is InChI=1S/C17H22N2O2S2/c1-4-7-12(13-8-5-10-22-13)18-16(21)17(2,3)19-15(20)14-9-6-11-23-14/h5-6,8-12H,4,7H2,1-3H3,(H,18,21)(H,19,20)/t12-/m1/s1. The van der Waals surface area contributed by atoms with Crippen LogP contribution in [0.1, 0.15) is 54.2 Å². The smallest absolute Gasteiger partial charge is 0.262 e. The second-order valence-corrected chi connectivity index (χ2v) is 7.81. The molecule has 2 rings (SSSR count). The van der Waals surface area contributed by atoms with Gasteiger partial charge in [0, 0.05) is 4.88 Å². The molecule has 2 amide bonds. The Morgan fingerprint density at radius 1 is 1.17 bits per heavy atom. The second-order valence-electron chi connectivity index (χ2n) is 5.89. The van der Waals surface area contributed by atoms with Crippen molar-refractivity contribution in [1.82, 2.24) is 10.6 Å². The molecule has 1 atom stereocenters. The Kier molecular flexibility index (Phi) is 5.96. The Bertz CT molecular complexity index is 634. The van der Waals surface area contributed by atoms with E-state index in [0.29, 0.717) is 4.88 Å². The van der Waals surface area contributed by atoms with Crippen LogP contribution in [0.2, 0.25) is 0 Å². The molecule has 2 N–H and O–H groups in total. The summed E-state index contributed by atoms with van der Waals surface area (Å²) < 4.78 is 0. The van der Waals surface area contributed by atoms with Gasteiger partial charge in [-0.3, -0.25) is 9.59 Å². The van der Waals surface area contributed by atoms with Gasteiger partial charge < -0.3 is 10.6 Å². The fraction of sp³-hybridized carbons (Fsp3) is 0.412. The first-order valence-corrected chi connectivity index (χ1v) is 9.40. The molecular formula is C17H22N2O2S2. The monoisotopic (exact) mass is 350 g/mol. The molecular weight excluding hydrogens is 328 g/mol. The van der Waals surface area contributed by atoms with Gasteiger partial charge in [-0.05, 0) is 43.2 Å². The van der Waals surface area contributed by atoms with Crippen LogP contribution in [-0.4, -0.2) is 17.4 Å². The Balaban J connectivity index is 2.03. The molecule has 0 fully saturated rings. The first-order valence-electron chi connectivity index (χ1n) is 7.64. The zero-order chi connectivity index (χ0) is 16.9. The number of thiophene rings is 2. The molecule has 0 saturated heterocycles. The predicted octanol–water partition coefficient (Wildman–Crippen LogP) is 3.98. The fourth-order valence-electron chi connectivity index (χ4n) is 2.21. The quantitative estimate of drug-likeness (QED) is 0.793. The van der Waals surface area contributed by atoms with E-state index in [2.05, 4.69) is 17.6 Å². The highest BCUT2D eigenvalue weighted by Crippen LogP contribution is 2.24. The molecule has 2 aromatic heterocycles. The van der Waals surface area contributed by atoms with Crippen molar-refractivity contribution in [3.63, 3.8) is 0 Å². The molecule has 2 heterocycles. The maximum absolute atomic E-state index is 12.6. The Morgan fingerprint density at radius 3 is 2.43 bits per heavy atom. The third-order valence-electron chi connectivity index (χ3n) is 3.51. The molecule has 0 aliphatic heterocycles. The molecule has 0 aliphatic rings. The number of rotatable bonds is 7. The summed E-state index contributed by atoms with van der Waals surface area (Å²) >= 11 is 3.00.